The highest BCUT2D eigenvalue weighted by atomic mass is 16.4. The van der Waals surface area contributed by atoms with Crippen LogP contribution in [0.1, 0.15) is 18.9 Å². The molecule has 0 bridgehead atoms. The number of nitrogens with zero attached hydrogens (tertiary/aromatic N) is 2. The monoisotopic (exact) mass is 346 g/mol. The number of piperazine rings is 1. The normalized spacial score (nSPS) is 14.8. The van der Waals surface area contributed by atoms with E-state index < -0.39 is 5.76 Å². The van der Waals surface area contributed by atoms with E-state index >= 15 is 0 Å². The van der Waals surface area contributed by atoms with E-state index in [0.717, 1.165) is 12.0 Å². The lowest BCUT2D eigenvalue weighted by atomic mass is 10.1. The molecular formula is C17H22N4O4. The highest BCUT2D eigenvalue weighted by molar-refractivity contribution is 5.81. The maximum Gasteiger partial charge on any atom is 0.417 e. The molecule has 1 fully saturated rings. The first-order chi connectivity index (χ1) is 12.1. The smallest absolute Gasteiger partial charge is 0.408 e. The van der Waals surface area contributed by atoms with Crippen LogP contribution in [0.2, 0.25) is 0 Å². The number of carbonyl (C=O) groups is 2. The third-order valence-electron chi connectivity index (χ3n) is 4.28. The maximum absolute atomic E-state index is 12.5. The maximum atomic E-state index is 12.5. The largest absolute Gasteiger partial charge is 0.417 e. The molecule has 1 aliphatic heterocycles. The standard InChI is InChI=1S/C17H22N4O4/c1-2-5-18-16(23)21-8-6-20(7-9-21)15(22)11-12-3-4-14-13(10-12)19-17(24)25-14/h3-4,10H,2,5-9,11H2,1H3,(H,18,23)(H,19,24). The van der Waals surface area contributed by atoms with Gasteiger partial charge in [0.25, 0.3) is 0 Å². The van der Waals surface area contributed by atoms with Gasteiger partial charge in [0.15, 0.2) is 5.58 Å². The zero-order chi connectivity index (χ0) is 17.8. The number of carbonyl (C=O) groups excluding carboxylic acids is 2. The minimum absolute atomic E-state index is 0.0128. The predicted molar refractivity (Wildman–Crippen MR) is 92.4 cm³/mol. The number of aromatic nitrogens is 1. The summed E-state index contributed by atoms with van der Waals surface area (Å²) in [5, 5.41) is 2.85. The van der Waals surface area contributed by atoms with Crippen molar-refractivity contribution in [3.63, 3.8) is 0 Å². The van der Waals surface area contributed by atoms with E-state index in [1.165, 1.54) is 0 Å². The first kappa shape index (κ1) is 17.1. The molecule has 0 aliphatic carbocycles. The molecule has 0 saturated carbocycles. The minimum atomic E-state index is -0.504. The van der Waals surface area contributed by atoms with Crippen molar-refractivity contribution in [1.29, 1.82) is 0 Å². The van der Waals surface area contributed by atoms with Gasteiger partial charge in [-0.1, -0.05) is 13.0 Å². The van der Waals surface area contributed by atoms with Gasteiger partial charge in [-0.25, -0.2) is 9.59 Å². The summed E-state index contributed by atoms with van der Waals surface area (Å²) in [6.07, 6.45) is 1.15. The average Bonchev–Trinajstić information content (AvgIpc) is 2.99. The van der Waals surface area contributed by atoms with Gasteiger partial charge in [0.1, 0.15) is 0 Å². The topological polar surface area (TPSA) is 98.7 Å². The van der Waals surface area contributed by atoms with Gasteiger partial charge in [0, 0.05) is 32.7 Å². The molecule has 0 radical (unpaired) electrons. The summed E-state index contributed by atoms with van der Waals surface area (Å²) in [4.78, 5) is 41.7. The Balaban J connectivity index is 1.55. The highest BCUT2D eigenvalue weighted by Crippen LogP contribution is 2.14. The van der Waals surface area contributed by atoms with Crippen molar-refractivity contribution in [2.45, 2.75) is 19.8 Å². The number of fused-ring (bicyclic) bond motifs is 1. The van der Waals surface area contributed by atoms with Crippen molar-refractivity contribution in [1.82, 2.24) is 20.1 Å². The molecule has 3 amide bonds. The number of hydrogen-bond donors (Lipinski definition) is 2. The van der Waals surface area contributed by atoms with Gasteiger partial charge >= 0.3 is 11.8 Å². The molecule has 25 heavy (non-hydrogen) atoms. The Labute approximate surface area is 144 Å². The molecule has 0 unspecified atom stereocenters. The van der Waals surface area contributed by atoms with Crippen LogP contribution >= 0.6 is 0 Å². The quantitative estimate of drug-likeness (QED) is 0.860. The van der Waals surface area contributed by atoms with Gasteiger partial charge in [-0.3, -0.25) is 9.78 Å². The van der Waals surface area contributed by atoms with Crippen LogP contribution in [0.4, 0.5) is 4.79 Å². The van der Waals surface area contributed by atoms with Gasteiger partial charge in [-0.15, -0.1) is 0 Å². The van der Waals surface area contributed by atoms with Crippen LogP contribution in [0.3, 0.4) is 0 Å². The second-order valence-corrected chi connectivity index (χ2v) is 6.12. The summed E-state index contributed by atoms with van der Waals surface area (Å²) in [5.74, 6) is -0.491. The summed E-state index contributed by atoms with van der Waals surface area (Å²) in [6, 6.07) is 5.16. The zero-order valence-corrected chi connectivity index (χ0v) is 14.2. The lowest BCUT2D eigenvalue weighted by molar-refractivity contribution is -0.131. The number of nitrogens with one attached hydrogen (secondary N) is 2. The second kappa shape index (κ2) is 7.42. The van der Waals surface area contributed by atoms with Crippen LogP contribution < -0.4 is 11.1 Å². The van der Waals surface area contributed by atoms with E-state index in [2.05, 4.69) is 10.3 Å². The van der Waals surface area contributed by atoms with E-state index in [1.54, 1.807) is 28.0 Å². The Kier molecular flexibility index (Phi) is 5.06. The number of urea groups is 1. The molecule has 2 heterocycles. The van der Waals surface area contributed by atoms with Crippen LogP contribution in [-0.2, 0) is 11.2 Å². The van der Waals surface area contributed by atoms with Crippen molar-refractivity contribution in [3.05, 3.63) is 34.3 Å². The summed E-state index contributed by atoms with van der Waals surface area (Å²) in [5.41, 5.74) is 1.89. The summed E-state index contributed by atoms with van der Waals surface area (Å²) in [7, 11) is 0. The van der Waals surface area contributed by atoms with Crippen molar-refractivity contribution in [2.75, 3.05) is 32.7 Å². The first-order valence-corrected chi connectivity index (χ1v) is 8.49. The van der Waals surface area contributed by atoms with E-state index in [9.17, 15) is 14.4 Å². The number of aromatic amines is 1. The van der Waals surface area contributed by atoms with Crippen molar-refractivity contribution in [3.8, 4) is 0 Å². The molecule has 8 nitrogen and oxygen atoms in total. The van der Waals surface area contributed by atoms with Gasteiger partial charge in [0.05, 0.1) is 11.9 Å². The summed E-state index contributed by atoms with van der Waals surface area (Å²) < 4.78 is 4.96. The van der Waals surface area contributed by atoms with Gasteiger partial charge in [-0.2, -0.15) is 0 Å². The third-order valence-corrected chi connectivity index (χ3v) is 4.28. The Morgan fingerprint density at radius 1 is 1.20 bits per heavy atom. The molecular weight excluding hydrogens is 324 g/mol. The molecule has 2 N–H and O–H groups in total. The predicted octanol–water partition coefficient (Wildman–Crippen LogP) is 0.927. The molecule has 0 spiro atoms. The zero-order valence-electron chi connectivity index (χ0n) is 14.2. The van der Waals surface area contributed by atoms with Gasteiger partial charge in [0.2, 0.25) is 5.91 Å². The number of benzene rings is 1. The van der Waals surface area contributed by atoms with Gasteiger partial charge < -0.3 is 19.5 Å². The summed E-state index contributed by atoms with van der Waals surface area (Å²) >= 11 is 0. The lowest BCUT2D eigenvalue weighted by Gasteiger charge is -2.34. The third kappa shape index (κ3) is 4.01. The lowest BCUT2D eigenvalue weighted by Crippen LogP contribution is -2.53. The number of hydrogen-bond acceptors (Lipinski definition) is 4. The van der Waals surface area contributed by atoms with Crippen molar-refractivity contribution < 1.29 is 14.0 Å². The number of oxazole rings is 1. The van der Waals surface area contributed by atoms with Crippen LogP contribution in [0.15, 0.2) is 27.4 Å². The van der Waals surface area contributed by atoms with E-state index in [0.29, 0.717) is 43.8 Å². The Bertz CT molecular complexity index is 817. The molecule has 1 aromatic heterocycles. The minimum Gasteiger partial charge on any atom is -0.408 e. The van der Waals surface area contributed by atoms with Crippen LogP contribution in [0.5, 0.6) is 0 Å². The molecule has 3 rings (SSSR count). The second-order valence-electron chi connectivity index (χ2n) is 6.12. The van der Waals surface area contributed by atoms with E-state index in [4.69, 9.17) is 4.42 Å². The molecule has 1 aliphatic rings. The Morgan fingerprint density at radius 2 is 1.92 bits per heavy atom. The molecule has 1 aromatic carbocycles. The SMILES string of the molecule is CCCNC(=O)N1CCN(C(=O)Cc2ccc3oc(=O)[nH]c3c2)CC1. The molecule has 134 valence electrons. The fourth-order valence-corrected chi connectivity index (χ4v) is 2.90. The van der Waals surface area contributed by atoms with E-state index in [-0.39, 0.29) is 18.4 Å². The molecule has 1 saturated heterocycles. The average molecular weight is 346 g/mol. The van der Waals surface area contributed by atoms with Gasteiger partial charge in [-0.05, 0) is 24.1 Å². The highest BCUT2D eigenvalue weighted by Gasteiger charge is 2.23. The molecule has 8 heteroatoms. The molecule has 0 atom stereocenters. The Hall–Kier alpha value is -2.77. The van der Waals surface area contributed by atoms with Crippen LogP contribution in [0.25, 0.3) is 11.1 Å². The van der Waals surface area contributed by atoms with Crippen LogP contribution in [0, 0.1) is 0 Å². The number of amides is 3. The van der Waals surface area contributed by atoms with Crippen molar-refractivity contribution >= 4 is 23.0 Å². The molecule has 2 aromatic rings. The fourth-order valence-electron chi connectivity index (χ4n) is 2.90. The van der Waals surface area contributed by atoms with Crippen molar-refractivity contribution in [2.24, 2.45) is 0 Å². The van der Waals surface area contributed by atoms with E-state index in [1.807, 2.05) is 6.92 Å². The first-order valence-electron chi connectivity index (χ1n) is 8.49. The number of H-pyrrole nitrogens is 1. The van der Waals surface area contributed by atoms with Crippen LogP contribution in [-0.4, -0.2) is 59.4 Å². The fraction of sp³-hybridized carbons (Fsp3) is 0.471. The summed E-state index contributed by atoms with van der Waals surface area (Å²) in [6.45, 7) is 4.81. The number of rotatable bonds is 4. The Morgan fingerprint density at radius 3 is 2.64 bits per heavy atom.